The van der Waals surface area contributed by atoms with Crippen molar-refractivity contribution in [3.63, 3.8) is 0 Å². The van der Waals surface area contributed by atoms with Crippen molar-refractivity contribution in [1.29, 1.82) is 0 Å². The Morgan fingerprint density at radius 3 is 0.652 bits per heavy atom. The zero-order chi connectivity index (χ0) is 15.4. The van der Waals surface area contributed by atoms with Crippen LogP contribution in [0.3, 0.4) is 0 Å². The van der Waals surface area contributed by atoms with Gasteiger partial charge in [0.1, 0.15) is 0 Å². The van der Waals surface area contributed by atoms with Gasteiger partial charge in [0.05, 0.1) is 0 Å². The molecule has 152 valence electrons. The Bertz CT molecular complexity index is 353. The fourth-order valence-corrected chi connectivity index (χ4v) is 2.35. The minimum Gasteiger partial charge on any atom is -0.756 e. The molecule has 18 N–H and O–H groups in total. The van der Waals surface area contributed by atoms with E-state index in [2.05, 4.69) is 8.62 Å². The van der Waals surface area contributed by atoms with E-state index in [9.17, 15) is 37.8 Å². The molecule has 0 spiro atoms. The Labute approximate surface area is 137 Å². The maximum absolute atomic E-state index is 9.48. The van der Waals surface area contributed by atoms with Crippen molar-refractivity contribution in [1.82, 2.24) is 12.3 Å². The fourth-order valence-electron chi connectivity index (χ4n) is 0.261. The van der Waals surface area contributed by atoms with Crippen LogP contribution in [-0.2, 0) is 54.3 Å². The molecule has 0 aliphatic carbocycles. The van der Waals surface area contributed by atoms with Gasteiger partial charge in [0, 0.05) is 0 Å². The van der Waals surface area contributed by atoms with E-state index in [1.54, 1.807) is 0 Å². The van der Waals surface area contributed by atoms with Gasteiger partial charge in [-0.15, -0.1) is 0 Å². The minimum atomic E-state index is -5.36. The normalized spacial score (nSPS) is 19.1. The second-order valence-electron chi connectivity index (χ2n) is 2.04. The van der Waals surface area contributed by atoms with Crippen molar-refractivity contribution in [3.05, 3.63) is 0 Å². The van der Waals surface area contributed by atoms with Gasteiger partial charge in [0.25, 0.3) is 31.3 Å². The Hall–Kier alpha value is 0.854. The third kappa shape index (κ3) is 60.2. The molecule has 0 aliphatic rings. The summed E-state index contributed by atoms with van der Waals surface area (Å²) in [5.74, 6) is 0. The molecular formula is H18N2NiO16P4+2. The van der Waals surface area contributed by atoms with Crippen molar-refractivity contribution in [2.45, 2.75) is 0 Å². The van der Waals surface area contributed by atoms with Crippen LogP contribution in [0.4, 0.5) is 0 Å². The van der Waals surface area contributed by atoms with Crippen LogP contribution in [0.5, 0.6) is 0 Å². The summed E-state index contributed by atoms with van der Waals surface area (Å²) in [4.78, 5) is 68.3. The molecule has 23 heavy (non-hydrogen) atoms. The number of hydrogen-bond acceptors (Lipinski definition) is 10. The number of rotatable bonds is 4. The van der Waals surface area contributed by atoms with Crippen LogP contribution in [0.1, 0.15) is 0 Å². The quantitative estimate of drug-likeness (QED) is 0.123. The molecule has 18 nitrogen and oxygen atoms in total. The predicted molar refractivity (Wildman–Crippen MR) is 63.2 cm³/mol. The van der Waals surface area contributed by atoms with E-state index < -0.39 is 31.3 Å². The summed E-state index contributed by atoms with van der Waals surface area (Å²) >= 11 is 0. The second kappa shape index (κ2) is 15.1. The first-order valence-corrected chi connectivity index (χ1v) is 8.97. The van der Waals surface area contributed by atoms with Gasteiger partial charge in [-0.1, -0.05) is 0 Å². The zero-order valence-electron chi connectivity index (χ0n) is 11.1. The summed E-state index contributed by atoms with van der Waals surface area (Å²) < 4.78 is 43.4. The van der Waals surface area contributed by atoms with Crippen LogP contribution in [0.2, 0.25) is 0 Å². The molecule has 0 radical (unpaired) electrons. The average Bonchev–Trinajstić information content (AvgIpc) is 1.64. The van der Waals surface area contributed by atoms with E-state index in [0.717, 1.165) is 0 Å². The van der Waals surface area contributed by atoms with E-state index in [1.807, 2.05) is 0 Å². The predicted octanol–water partition coefficient (Wildman–Crippen LogP) is -5.25. The van der Waals surface area contributed by atoms with Crippen LogP contribution in [-0.4, -0.2) is 19.6 Å². The Morgan fingerprint density at radius 2 is 0.652 bits per heavy atom. The monoisotopic (exact) mass is 484 g/mol. The van der Waals surface area contributed by atoms with Crippen molar-refractivity contribution >= 4 is 31.3 Å². The first kappa shape index (κ1) is 43.9. The summed E-state index contributed by atoms with van der Waals surface area (Å²) in [6, 6.07) is 0. The molecule has 0 saturated carbocycles. The fraction of sp³-hybridized carbons (Fsp3) is 0. The first-order chi connectivity index (χ1) is 7.41. The van der Waals surface area contributed by atoms with Gasteiger partial charge in [-0.05, 0) is 0 Å². The van der Waals surface area contributed by atoms with Gasteiger partial charge in [-0.3, -0.25) is 18.3 Å². The minimum absolute atomic E-state index is 0. The molecule has 0 rings (SSSR count). The van der Waals surface area contributed by atoms with Crippen LogP contribution in [0.25, 0.3) is 0 Å². The summed E-state index contributed by atoms with van der Waals surface area (Å²) in [6.45, 7) is 0. The molecule has 4 unspecified atom stereocenters. The van der Waals surface area contributed by atoms with Crippen LogP contribution in [0, 0.1) is 0 Å². The largest absolute Gasteiger partial charge is 2.00 e. The summed E-state index contributed by atoms with van der Waals surface area (Å²) in [7, 11) is -21.5. The summed E-state index contributed by atoms with van der Waals surface area (Å²) in [5.41, 5.74) is 0. The molecule has 0 aromatic carbocycles. The second-order valence-corrected chi connectivity index (χ2v) is 7.09. The van der Waals surface area contributed by atoms with Gasteiger partial charge < -0.3 is 62.4 Å². The first-order valence-electron chi connectivity index (χ1n) is 2.99. The molecule has 0 bridgehead atoms. The number of phosphoric acid groups is 4. The number of hydrogen-bond donors (Lipinski definition) is 6. The van der Waals surface area contributed by atoms with E-state index in [1.165, 1.54) is 0 Å². The average molecular weight is 485 g/mol. The summed E-state index contributed by atoms with van der Waals surface area (Å²) in [5, 5.41) is 0. The smallest absolute Gasteiger partial charge is 0.756 e. The molecular weight excluding hydrogens is 467 g/mol. The van der Waals surface area contributed by atoms with Gasteiger partial charge in [-0.2, -0.15) is 0 Å². The maximum Gasteiger partial charge on any atom is 2.00 e. The molecule has 23 heteroatoms. The van der Waals surface area contributed by atoms with E-state index in [0.29, 0.717) is 0 Å². The Morgan fingerprint density at radius 1 is 0.565 bits per heavy atom. The molecule has 0 aliphatic heterocycles. The molecule has 0 fully saturated rings. The van der Waals surface area contributed by atoms with Crippen molar-refractivity contribution < 1.29 is 93.5 Å². The van der Waals surface area contributed by atoms with Crippen molar-refractivity contribution in [2.75, 3.05) is 0 Å². The third-order valence-corrected chi connectivity index (χ3v) is 3.71. The molecule has 0 aromatic heterocycles. The topological polar surface area (TPSA) is 399 Å². The standard InChI is InChI=1S/2H3N.Ni.2H4O7P2.2H2O/c;;;2*1-8(2,3)7-9(4,5)6;;/h2*1H3;;2*(H2,1,2,3)(H2,4,5,6);2*1H2/q;;+2;;;;. The van der Waals surface area contributed by atoms with Gasteiger partial charge in [0.15, 0.2) is 0 Å². The SMILES string of the molecule is O=P([O-])(O)OP(=O)([O-])O.O=P([O-])(O)OP(=O)([O-])O.[NH4+].[NH4+].[Ni+2].[OH3+].[OH3+]. The Kier molecular flexibility index (Phi) is 28.9. The number of quaternary nitrogens is 2. The van der Waals surface area contributed by atoms with Crippen LogP contribution in [0.15, 0.2) is 0 Å². The van der Waals surface area contributed by atoms with Crippen LogP contribution >= 0.6 is 31.3 Å². The Balaban J connectivity index is -0.0000000366. The van der Waals surface area contributed by atoms with E-state index in [-0.39, 0.29) is 39.7 Å². The summed E-state index contributed by atoms with van der Waals surface area (Å²) in [6.07, 6.45) is 0. The van der Waals surface area contributed by atoms with Crippen molar-refractivity contribution in [3.8, 4) is 0 Å². The molecule has 0 amide bonds. The van der Waals surface area contributed by atoms with Gasteiger partial charge >= 0.3 is 16.5 Å². The molecule has 0 heterocycles. The zero-order valence-corrected chi connectivity index (χ0v) is 15.7. The van der Waals surface area contributed by atoms with Gasteiger partial charge in [-0.25, -0.2) is 8.62 Å². The van der Waals surface area contributed by atoms with Crippen molar-refractivity contribution in [2.24, 2.45) is 0 Å². The van der Waals surface area contributed by atoms with E-state index >= 15 is 0 Å². The molecule has 0 saturated heterocycles. The van der Waals surface area contributed by atoms with E-state index in [4.69, 9.17) is 19.6 Å². The third-order valence-electron chi connectivity index (χ3n) is 0.413. The molecule has 4 atom stereocenters. The van der Waals surface area contributed by atoms with Crippen LogP contribution < -0.4 is 31.9 Å². The molecule has 0 aromatic rings. The maximum atomic E-state index is 9.48. The van der Waals surface area contributed by atoms with Gasteiger partial charge in [0.2, 0.25) is 0 Å².